The van der Waals surface area contributed by atoms with Crippen LogP contribution >= 0.6 is 23.2 Å². The first kappa shape index (κ1) is 16.6. The minimum absolute atomic E-state index is 0.0274. The van der Waals surface area contributed by atoms with E-state index in [1.165, 1.54) is 6.42 Å². The van der Waals surface area contributed by atoms with E-state index in [4.69, 9.17) is 27.9 Å². The van der Waals surface area contributed by atoms with Gasteiger partial charge in [0.05, 0.1) is 10.6 Å². The van der Waals surface area contributed by atoms with Crippen LogP contribution < -0.4 is 0 Å². The Morgan fingerprint density at radius 3 is 2.67 bits per heavy atom. The SMILES string of the molecule is CN(C)C[C@@H]1CCCC[C@@H]1OC(=O)c1ccc(Cl)cc1Cl. The molecular weight excluding hydrogens is 309 g/mol. The van der Waals surface area contributed by atoms with Gasteiger partial charge < -0.3 is 9.64 Å². The highest BCUT2D eigenvalue weighted by Crippen LogP contribution is 2.29. The van der Waals surface area contributed by atoms with Crippen LogP contribution in [0.3, 0.4) is 0 Å². The highest BCUT2D eigenvalue weighted by atomic mass is 35.5. The number of rotatable bonds is 4. The third kappa shape index (κ3) is 4.60. The Morgan fingerprint density at radius 2 is 2.00 bits per heavy atom. The van der Waals surface area contributed by atoms with E-state index in [9.17, 15) is 4.79 Å². The lowest BCUT2D eigenvalue weighted by Gasteiger charge is -2.33. The molecule has 0 N–H and O–H groups in total. The average molecular weight is 330 g/mol. The Bertz CT molecular complexity index is 505. The van der Waals surface area contributed by atoms with Crippen LogP contribution in [0.15, 0.2) is 18.2 Å². The summed E-state index contributed by atoms with van der Waals surface area (Å²) < 4.78 is 5.72. The van der Waals surface area contributed by atoms with Crippen molar-refractivity contribution >= 4 is 29.2 Å². The van der Waals surface area contributed by atoms with Crippen LogP contribution in [0.4, 0.5) is 0 Å². The lowest BCUT2D eigenvalue weighted by Crippen LogP contribution is -2.36. The molecule has 2 rings (SSSR count). The molecule has 21 heavy (non-hydrogen) atoms. The van der Waals surface area contributed by atoms with Gasteiger partial charge in [0.15, 0.2) is 0 Å². The van der Waals surface area contributed by atoms with Gasteiger partial charge in [0.2, 0.25) is 0 Å². The second kappa shape index (κ2) is 7.48. The maximum absolute atomic E-state index is 12.3. The summed E-state index contributed by atoms with van der Waals surface area (Å²) in [6.07, 6.45) is 4.31. The van der Waals surface area contributed by atoms with E-state index in [1.807, 2.05) is 14.1 Å². The first-order valence-electron chi connectivity index (χ1n) is 7.28. The fraction of sp³-hybridized carbons (Fsp3) is 0.562. The molecule has 0 heterocycles. The number of ether oxygens (including phenoxy) is 1. The summed E-state index contributed by atoms with van der Waals surface area (Å²) in [6, 6.07) is 4.84. The van der Waals surface area contributed by atoms with E-state index >= 15 is 0 Å². The summed E-state index contributed by atoms with van der Waals surface area (Å²) in [5.74, 6) is 0.0381. The molecule has 0 spiro atoms. The molecule has 0 aliphatic heterocycles. The first-order chi connectivity index (χ1) is 9.97. The van der Waals surface area contributed by atoms with E-state index in [1.54, 1.807) is 18.2 Å². The van der Waals surface area contributed by atoms with Crippen molar-refractivity contribution in [3.63, 3.8) is 0 Å². The molecule has 0 saturated heterocycles. The Kier molecular flexibility index (Phi) is 5.91. The van der Waals surface area contributed by atoms with E-state index in [2.05, 4.69) is 4.90 Å². The van der Waals surface area contributed by atoms with Gasteiger partial charge in [-0.3, -0.25) is 0 Å². The monoisotopic (exact) mass is 329 g/mol. The fourth-order valence-corrected chi connectivity index (χ4v) is 3.35. The Hall–Kier alpha value is -0.770. The number of hydrogen-bond donors (Lipinski definition) is 0. The molecule has 1 aromatic carbocycles. The zero-order chi connectivity index (χ0) is 15.4. The van der Waals surface area contributed by atoms with Gasteiger partial charge in [-0.1, -0.05) is 29.6 Å². The van der Waals surface area contributed by atoms with Crippen molar-refractivity contribution in [3.05, 3.63) is 33.8 Å². The van der Waals surface area contributed by atoms with Gasteiger partial charge in [-0.2, -0.15) is 0 Å². The molecule has 0 bridgehead atoms. The topological polar surface area (TPSA) is 29.5 Å². The minimum atomic E-state index is -0.354. The standard InChI is InChI=1S/C16H21Cl2NO2/c1-19(2)10-11-5-3-4-6-15(11)21-16(20)13-8-7-12(17)9-14(13)18/h7-9,11,15H,3-6,10H2,1-2H3/t11-,15-/m0/s1. The largest absolute Gasteiger partial charge is 0.458 e. The molecule has 116 valence electrons. The van der Waals surface area contributed by atoms with Crippen LogP contribution in [0.25, 0.3) is 0 Å². The van der Waals surface area contributed by atoms with Gasteiger partial charge in [-0.25, -0.2) is 4.79 Å². The molecule has 0 amide bonds. The summed E-state index contributed by atoms with van der Waals surface area (Å²) in [7, 11) is 4.09. The van der Waals surface area contributed by atoms with E-state index in [-0.39, 0.29) is 12.1 Å². The summed E-state index contributed by atoms with van der Waals surface area (Å²) in [6.45, 7) is 0.937. The van der Waals surface area contributed by atoms with Crippen LogP contribution in [-0.4, -0.2) is 37.6 Å². The number of nitrogens with zero attached hydrogens (tertiary/aromatic N) is 1. The number of hydrogen-bond acceptors (Lipinski definition) is 3. The Labute approximate surface area is 136 Å². The lowest BCUT2D eigenvalue weighted by atomic mass is 9.86. The summed E-state index contributed by atoms with van der Waals surface area (Å²) in [5.41, 5.74) is 0.384. The number of carbonyl (C=O) groups is 1. The quantitative estimate of drug-likeness (QED) is 0.772. The molecule has 0 aromatic heterocycles. The maximum atomic E-state index is 12.3. The fourth-order valence-electron chi connectivity index (χ4n) is 2.86. The van der Waals surface area contributed by atoms with E-state index < -0.39 is 0 Å². The number of carbonyl (C=O) groups excluding carboxylic acids is 1. The number of esters is 1. The van der Waals surface area contributed by atoms with Crippen molar-refractivity contribution in [2.24, 2.45) is 5.92 Å². The van der Waals surface area contributed by atoms with Crippen molar-refractivity contribution in [1.29, 1.82) is 0 Å². The van der Waals surface area contributed by atoms with Gasteiger partial charge in [0.25, 0.3) is 0 Å². The zero-order valence-electron chi connectivity index (χ0n) is 12.4. The van der Waals surface area contributed by atoms with Gasteiger partial charge in [-0.05, 0) is 51.6 Å². The first-order valence-corrected chi connectivity index (χ1v) is 8.03. The van der Waals surface area contributed by atoms with Crippen molar-refractivity contribution in [1.82, 2.24) is 4.90 Å². The van der Waals surface area contributed by atoms with Crippen LogP contribution in [0.5, 0.6) is 0 Å². The number of benzene rings is 1. The third-order valence-electron chi connectivity index (χ3n) is 3.85. The molecule has 1 aromatic rings. The molecule has 1 fully saturated rings. The smallest absolute Gasteiger partial charge is 0.339 e. The predicted molar refractivity (Wildman–Crippen MR) is 86.2 cm³/mol. The summed E-state index contributed by atoms with van der Waals surface area (Å²) in [4.78, 5) is 14.5. The Morgan fingerprint density at radius 1 is 1.29 bits per heavy atom. The highest BCUT2D eigenvalue weighted by molar-refractivity contribution is 6.36. The zero-order valence-corrected chi connectivity index (χ0v) is 14.0. The molecule has 2 atom stereocenters. The average Bonchev–Trinajstić information content (AvgIpc) is 2.40. The Balaban J connectivity index is 2.06. The predicted octanol–water partition coefficient (Wildman–Crippen LogP) is 4.27. The van der Waals surface area contributed by atoms with Crippen LogP contribution in [0.2, 0.25) is 10.0 Å². The van der Waals surface area contributed by atoms with E-state index in [0.717, 1.165) is 25.8 Å². The second-order valence-electron chi connectivity index (χ2n) is 5.87. The van der Waals surface area contributed by atoms with E-state index in [0.29, 0.717) is 21.5 Å². The minimum Gasteiger partial charge on any atom is -0.458 e. The molecular formula is C16H21Cl2NO2. The van der Waals surface area contributed by atoms with Crippen molar-refractivity contribution in [2.75, 3.05) is 20.6 Å². The van der Waals surface area contributed by atoms with Crippen molar-refractivity contribution in [3.8, 4) is 0 Å². The van der Waals surface area contributed by atoms with Gasteiger partial charge >= 0.3 is 5.97 Å². The lowest BCUT2D eigenvalue weighted by molar-refractivity contribution is -0.00322. The van der Waals surface area contributed by atoms with Crippen LogP contribution in [-0.2, 0) is 4.74 Å². The molecule has 0 radical (unpaired) electrons. The van der Waals surface area contributed by atoms with Crippen LogP contribution in [0.1, 0.15) is 36.0 Å². The number of halogens is 2. The molecule has 5 heteroatoms. The summed E-state index contributed by atoms with van der Waals surface area (Å²) in [5, 5.41) is 0.854. The molecule has 0 unspecified atom stereocenters. The normalized spacial score (nSPS) is 22.3. The summed E-state index contributed by atoms with van der Waals surface area (Å²) >= 11 is 11.9. The van der Waals surface area contributed by atoms with Crippen molar-refractivity contribution < 1.29 is 9.53 Å². The second-order valence-corrected chi connectivity index (χ2v) is 6.72. The highest BCUT2D eigenvalue weighted by Gasteiger charge is 2.29. The van der Waals surface area contributed by atoms with Gasteiger partial charge in [0.1, 0.15) is 6.10 Å². The van der Waals surface area contributed by atoms with Crippen LogP contribution in [0, 0.1) is 5.92 Å². The molecule has 1 saturated carbocycles. The maximum Gasteiger partial charge on any atom is 0.339 e. The molecule has 1 aliphatic rings. The third-order valence-corrected chi connectivity index (χ3v) is 4.40. The molecule has 3 nitrogen and oxygen atoms in total. The molecule has 1 aliphatic carbocycles. The van der Waals surface area contributed by atoms with Gasteiger partial charge in [-0.15, -0.1) is 0 Å². The van der Waals surface area contributed by atoms with Gasteiger partial charge in [0, 0.05) is 17.5 Å². The van der Waals surface area contributed by atoms with Crippen molar-refractivity contribution in [2.45, 2.75) is 31.8 Å².